The highest BCUT2D eigenvalue weighted by atomic mass is 32.2. The molecule has 0 unspecified atom stereocenters. The van der Waals surface area contributed by atoms with E-state index in [9.17, 15) is 18.3 Å². The van der Waals surface area contributed by atoms with Crippen molar-refractivity contribution >= 4 is 27.3 Å². The summed E-state index contributed by atoms with van der Waals surface area (Å²) in [6, 6.07) is 9.35. The predicted octanol–water partition coefficient (Wildman–Crippen LogP) is 1.33. The van der Waals surface area contributed by atoms with Gasteiger partial charge in [0.25, 0.3) is 0 Å². The number of carbonyl (C=O) groups excluding carboxylic acids is 1. The minimum absolute atomic E-state index is 0.0393. The lowest BCUT2D eigenvalue weighted by atomic mass is 10.1. The fourth-order valence-electron chi connectivity index (χ4n) is 2.60. The van der Waals surface area contributed by atoms with Crippen LogP contribution in [0.5, 0.6) is 5.75 Å². The van der Waals surface area contributed by atoms with Gasteiger partial charge in [0.05, 0.1) is 22.6 Å². The number of benzene rings is 1. The maximum Gasteiger partial charge on any atom is 0.238 e. The summed E-state index contributed by atoms with van der Waals surface area (Å²) in [4.78, 5) is 20.5. The maximum atomic E-state index is 12.1. The van der Waals surface area contributed by atoms with Crippen LogP contribution in [0.4, 0.5) is 0 Å². The Morgan fingerprint density at radius 2 is 2.03 bits per heavy atom. The van der Waals surface area contributed by atoms with Crippen LogP contribution in [0.15, 0.2) is 46.8 Å². The maximum absolute atomic E-state index is 12.1. The quantitative estimate of drug-likeness (QED) is 0.496. The first-order valence-electron chi connectivity index (χ1n) is 8.68. The van der Waals surface area contributed by atoms with Crippen LogP contribution < -0.4 is 10.5 Å². The molecule has 0 bridgehead atoms. The van der Waals surface area contributed by atoms with E-state index >= 15 is 0 Å². The van der Waals surface area contributed by atoms with E-state index in [0.29, 0.717) is 23.7 Å². The number of thiazole rings is 1. The number of aromatic nitrogens is 2. The Hall–Kier alpha value is -3.33. The summed E-state index contributed by atoms with van der Waals surface area (Å²) in [5.74, 6) is -0.363. The van der Waals surface area contributed by atoms with Crippen molar-refractivity contribution in [1.82, 2.24) is 15.3 Å². The number of carbonyl (C=O) groups is 1. The number of hydrogen-bond acceptors (Lipinski definition) is 8. The minimum Gasteiger partial charge on any atom is -0.506 e. The monoisotopic (exact) mass is 443 g/mol. The number of aromatic hydroxyl groups is 1. The Labute approximate surface area is 176 Å². The van der Waals surface area contributed by atoms with E-state index in [1.54, 1.807) is 17.5 Å². The third-order valence-corrected chi connectivity index (χ3v) is 5.91. The number of nitrogens with two attached hydrogens (primary N) is 1. The van der Waals surface area contributed by atoms with Gasteiger partial charge in [-0.1, -0.05) is 12.1 Å². The smallest absolute Gasteiger partial charge is 0.238 e. The van der Waals surface area contributed by atoms with E-state index in [4.69, 9.17) is 10.4 Å². The number of sulfonamides is 1. The Morgan fingerprint density at radius 1 is 1.30 bits per heavy atom. The molecule has 0 aliphatic heterocycles. The number of rotatable bonds is 7. The van der Waals surface area contributed by atoms with Gasteiger partial charge in [-0.15, -0.1) is 11.3 Å². The van der Waals surface area contributed by atoms with Crippen LogP contribution in [0, 0.1) is 11.3 Å². The lowest BCUT2D eigenvalue weighted by Crippen LogP contribution is -2.27. The molecule has 0 aliphatic rings. The molecule has 0 radical (unpaired) electrons. The molecule has 3 aromatic rings. The molecule has 0 saturated carbocycles. The third kappa shape index (κ3) is 5.38. The van der Waals surface area contributed by atoms with Crippen LogP contribution in [0.25, 0.3) is 10.7 Å². The van der Waals surface area contributed by atoms with Crippen molar-refractivity contribution < 1.29 is 18.3 Å². The second kappa shape index (κ2) is 9.00. The summed E-state index contributed by atoms with van der Waals surface area (Å²) in [5, 5.41) is 28.8. The molecule has 30 heavy (non-hydrogen) atoms. The van der Waals surface area contributed by atoms with E-state index < -0.39 is 10.0 Å². The molecule has 1 aromatic carbocycles. The zero-order valence-corrected chi connectivity index (χ0v) is 17.2. The number of pyridine rings is 1. The van der Waals surface area contributed by atoms with Gasteiger partial charge in [-0.3, -0.25) is 4.79 Å². The average molecular weight is 444 g/mol. The summed E-state index contributed by atoms with van der Waals surface area (Å²) >= 11 is 1.24. The lowest BCUT2D eigenvalue weighted by molar-refractivity contribution is -0.120. The Balaban J connectivity index is 1.53. The molecule has 9 nitrogen and oxygen atoms in total. The molecule has 3 rings (SSSR count). The first kappa shape index (κ1) is 21.4. The Kier molecular flexibility index (Phi) is 6.41. The zero-order valence-electron chi connectivity index (χ0n) is 15.6. The number of nitriles is 1. The normalized spacial score (nSPS) is 11.1. The second-order valence-corrected chi connectivity index (χ2v) is 8.73. The minimum atomic E-state index is -3.72. The molecular formula is C19H17N5O4S2. The van der Waals surface area contributed by atoms with Crippen LogP contribution >= 0.6 is 11.3 Å². The zero-order chi connectivity index (χ0) is 21.7. The van der Waals surface area contributed by atoms with E-state index in [1.165, 1.54) is 35.7 Å². The summed E-state index contributed by atoms with van der Waals surface area (Å²) in [5.41, 5.74) is 1.90. The van der Waals surface area contributed by atoms with Crippen molar-refractivity contribution in [2.75, 3.05) is 6.54 Å². The SMILES string of the molecule is N#Cc1cnc(-c2nc(CC(=O)NCCc3ccc(S(N)(=O)=O)cc3)cs2)c(O)c1. The van der Waals surface area contributed by atoms with E-state index in [1.807, 2.05) is 6.07 Å². The van der Waals surface area contributed by atoms with Gasteiger partial charge in [0.15, 0.2) is 0 Å². The number of nitrogens with zero attached hydrogens (tertiary/aromatic N) is 3. The second-order valence-electron chi connectivity index (χ2n) is 6.31. The topological polar surface area (TPSA) is 159 Å². The third-order valence-electron chi connectivity index (χ3n) is 4.08. The average Bonchev–Trinajstić information content (AvgIpc) is 3.15. The first-order chi connectivity index (χ1) is 14.3. The van der Waals surface area contributed by atoms with Gasteiger partial charge in [0.1, 0.15) is 22.5 Å². The highest BCUT2D eigenvalue weighted by Gasteiger charge is 2.14. The van der Waals surface area contributed by atoms with Gasteiger partial charge in [0.2, 0.25) is 15.9 Å². The van der Waals surface area contributed by atoms with Crippen LogP contribution in [0.3, 0.4) is 0 Å². The fourth-order valence-corrected chi connectivity index (χ4v) is 3.93. The standard InChI is InChI=1S/C19H17N5O4S2/c20-9-13-7-16(25)18(23-10-13)19-24-14(11-29-19)8-17(26)22-6-5-12-1-3-15(4-2-12)30(21,27)28/h1-4,7,10-11,25H,5-6,8H2,(H,22,26)(H2,21,27,28). The summed E-state index contributed by atoms with van der Waals surface area (Å²) in [6.07, 6.45) is 1.94. The van der Waals surface area contributed by atoms with E-state index in [2.05, 4.69) is 15.3 Å². The summed E-state index contributed by atoms with van der Waals surface area (Å²) in [7, 11) is -3.72. The molecule has 0 spiro atoms. The van der Waals surface area contributed by atoms with Crippen molar-refractivity contribution in [2.45, 2.75) is 17.7 Å². The number of amides is 1. The van der Waals surface area contributed by atoms with Gasteiger partial charge in [-0.2, -0.15) is 5.26 Å². The summed E-state index contributed by atoms with van der Waals surface area (Å²) in [6.45, 7) is 0.377. The molecular weight excluding hydrogens is 426 g/mol. The molecule has 154 valence electrons. The van der Waals surface area contributed by atoms with Gasteiger partial charge in [-0.25, -0.2) is 23.5 Å². The molecule has 0 fully saturated rings. The number of primary sulfonamides is 1. The molecule has 0 saturated heterocycles. The van der Waals surface area contributed by atoms with E-state index in [0.717, 1.165) is 5.56 Å². The predicted molar refractivity (Wildman–Crippen MR) is 110 cm³/mol. The number of hydrogen-bond donors (Lipinski definition) is 3. The lowest BCUT2D eigenvalue weighted by Gasteiger charge is -2.05. The first-order valence-corrected chi connectivity index (χ1v) is 11.1. The molecule has 0 atom stereocenters. The van der Waals surface area contributed by atoms with E-state index in [-0.39, 0.29) is 34.2 Å². The van der Waals surface area contributed by atoms with Gasteiger partial charge >= 0.3 is 0 Å². The Bertz CT molecular complexity index is 1210. The molecule has 2 aromatic heterocycles. The molecule has 11 heteroatoms. The van der Waals surface area contributed by atoms with Crippen LogP contribution in [-0.2, 0) is 27.7 Å². The molecule has 2 heterocycles. The number of nitrogens with one attached hydrogen (secondary N) is 1. The largest absolute Gasteiger partial charge is 0.506 e. The molecule has 1 amide bonds. The van der Waals surface area contributed by atoms with Crippen molar-refractivity contribution in [3.8, 4) is 22.5 Å². The molecule has 4 N–H and O–H groups in total. The van der Waals surface area contributed by atoms with Gasteiger partial charge in [0, 0.05) is 24.2 Å². The fraction of sp³-hybridized carbons (Fsp3) is 0.158. The van der Waals surface area contributed by atoms with Crippen LogP contribution in [0.1, 0.15) is 16.8 Å². The van der Waals surface area contributed by atoms with Gasteiger partial charge in [-0.05, 0) is 24.1 Å². The van der Waals surface area contributed by atoms with Crippen LogP contribution in [-0.4, -0.2) is 35.9 Å². The van der Waals surface area contributed by atoms with Crippen molar-refractivity contribution in [3.05, 3.63) is 58.7 Å². The van der Waals surface area contributed by atoms with Crippen molar-refractivity contribution in [2.24, 2.45) is 5.14 Å². The van der Waals surface area contributed by atoms with Gasteiger partial charge < -0.3 is 10.4 Å². The Morgan fingerprint density at radius 3 is 2.67 bits per heavy atom. The van der Waals surface area contributed by atoms with Crippen molar-refractivity contribution in [3.63, 3.8) is 0 Å². The molecule has 0 aliphatic carbocycles. The summed E-state index contributed by atoms with van der Waals surface area (Å²) < 4.78 is 22.5. The van der Waals surface area contributed by atoms with Crippen LogP contribution in [0.2, 0.25) is 0 Å². The van der Waals surface area contributed by atoms with Crippen molar-refractivity contribution in [1.29, 1.82) is 5.26 Å². The highest BCUT2D eigenvalue weighted by molar-refractivity contribution is 7.89. The highest BCUT2D eigenvalue weighted by Crippen LogP contribution is 2.30.